The minimum absolute atomic E-state index is 0.0199. The lowest BCUT2D eigenvalue weighted by Gasteiger charge is -2.03. The SMILES string of the molecule is COC(=O)c1cncc(N)n1.COC(=O)c1cncc(NC(=O)c2cnn(C)c2)n1.Cn1cc(C(=O)Cl)cn1. The van der Waals surface area contributed by atoms with Crippen LogP contribution in [-0.2, 0) is 23.6 Å². The number of amides is 1. The molecule has 17 heteroatoms. The molecule has 0 saturated carbocycles. The summed E-state index contributed by atoms with van der Waals surface area (Å²) >= 11 is 5.12. The molecule has 3 N–H and O–H groups in total. The molecule has 0 aliphatic carbocycles. The lowest BCUT2D eigenvalue weighted by Crippen LogP contribution is -2.14. The number of aryl methyl sites for hydroxylation is 2. The largest absolute Gasteiger partial charge is 0.464 e. The predicted octanol–water partition coefficient (Wildman–Crippen LogP) is 0.893. The molecule has 0 spiro atoms. The molecule has 4 rings (SSSR count). The first-order chi connectivity index (χ1) is 18.5. The number of hydrogen-bond donors (Lipinski definition) is 2. The van der Waals surface area contributed by atoms with Crippen LogP contribution in [0.15, 0.2) is 49.6 Å². The molecule has 1 amide bonds. The van der Waals surface area contributed by atoms with Gasteiger partial charge in [-0.05, 0) is 11.6 Å². The summed E-state index contributed by atoms with van der Waals surface area (Å²) in [6, 6.07) is 0. The lowest BCUT2D eigenvalue weighted by atomic mass is 10.3. The second-order valence-electron chi connectivity index (χ2n) is 7.14. The van der Waals surface area contributed by atoms with E-state index in [2.05, 4.69) is 44.9 Å². The zero-order valence-electron chi connectivity index (χ0n) is 21.1. The number of nitrogen functional groups attached to an aromatic ring is 1. The van der Waals surface area contributed by atoms with Crippen molar-refractivity contribution in [3.63, 3.8) is 0 Å². The Hall–Kier alpha value is -5.25. The number of aromatic nitrogens is 8. The average Bonchev–Trinajstić information content (AvgIpc) is 3.57. The number of nitrogens with one attached hydrogen (secondary N) is 1. The van der Waals surface area contributed by atoms with Crippen LogP contribution in [-0.4, -0.2) is 76.8 Å². The molecule has 0 unspecified atom stereocenters. The third-order valence-electron chi connectivity index (χ3n) is 4.22. The fourth-order valence-corrected chi connectivity index (χ4v) is 2.56. The summed E-state index contributed by atoms with van der Waals surface area (Å²) in [5.74, 6) is -1.18. The number of methoxy groups -OCH3 is 2. The van der Waals surface area contributed by atoms with Gasteiger partial charge in [0.1, 0.15) is 5.82 Å². The number of rotatable bonds is 5. The van der Waals surface area contributed by atoms with Gasteiger partial charge in [-0.3, -0.25) is 28.9 Å². The van der Waals surface area contributed by atoms with Gasteiger partial charge in [0.2, 0.25) is 0 Å². The number of halogens is 1. The summed E-state index contributed by atoms with van der Waals surface area (Å²) in [6.45, 7) is 0. The maximum atomic E-state index is 11.8. The lowest BCUT2D eigenvalue weighted by molar-refractivity contribution is 0.0585. The predicted molar refractivity (Wildman–Crippen MR) is 136 cm³/mol. The number of anilines is 2. The number of hydrogen-bond acceptors (Lipinski definition) is 13. The van der Waals surface area contributed by atoms with E-state index in [0.29, 0.717) is 11.1 Å². The van der Waals surface area contributed by atoms with Crippen LogP contribution in [0.1, 0.15) is 41.7 Å². The summed E-state index contributed by atoms with van der Waals surface area (Å²) in [7, 11) is 5.94. The van der Waals surface area contributed by atoms with E-state index in [1.807, 2.05) is 0 Å². The topological polar surface area (TPSA) is 212 Å². The van der Waals surface area contributed by atoms with Crippen molar-refractivity contribution in [1.29, 1.82) is 0 Å². The van der Waals surface area contributed by atoms with E-state index in [1.165, 1.54) is 60.8 Å². The fraction of sp³-hybridized carbons (Fsp3) is 0.182. The first-order valence-electron chi connectivity index (χ1n) is 10.6. The van der Waals surface area contributed by atoms with Crippen molar-refractivity contribution in [3.8, 4) is 0 Å². The molecule has 0 radical (unpaired) electrons. The Kier molecular flexibility index (Phi) is 11.1. The Labute approximate surface area is 226 Å². The molecular formula is C22H23ClN10O6. The van der Waals surface area contributed by atoms with Crippen molar-refractivity contribution in [2.24, 2.45) is 14.1 Å². The monoisotopic (exact) mass is 558 g/mol. The molecule has 4 aromatic heterocycles. The molecule has 0 aromatic carbocycles. The van der Waals surface area contributed by atoms with Crippen molar-refractivity contribution < 1.29 is 28.7 Å². The van der Waals surface area contributed by atoms with Gasteiger partial charge in [0.15, 0.2) is 17.2 Å². The summed E-state index contributed by atoms with van der Waals surface area (Å²) in [4.78, 5) is 59.3. The van der Waals surface area contributed by atoms with Gasteiger partial charge in [0, 0.05) is 26.5 Å². The fourth-order valence-electron chi connectivity index (χ4n) is 2.46. The van der Waals surface area contributed by atoms with E-state index in [0.717, 1.165) is 0 Å². The van der Waals surface area contributed by atoms with Crippen molar-refractivity contribution in [2.45, 2.75) is 0 Å². The number of carbonyl (C=O) groups is 4. The standard InChI is InChI=1S/C11H11N5O3.C6H7N3O2.C5H5ClN2O/c1-16-6-7(3-13-16)10(17)15-9-5-12-4-8(14-9)11(18)19-2;1-11-6(10)4-2-8-3-5(7)9-4;1-8-3-4(2-7-8)5(6)9/h3-6H,1-2H3,(H,14,15,17);2-3H,1H3,(H2,7,9);2-3H,1H3. The molecule has 4 heterocycles. The second-order valence-corrected chi connectivity index (χ2v) is 7.48. The van der Waals surface area contributed by atoms with E-state index in [9.17, 15) is 19.2 Å². The van der Waals surface area contributed by atoms with Crippen LogP contribution in [0.5, 0.6) is 0 Å². The second kappa shape index (κ2) is 14.5. The van der Waals surface area contributed by atoms with Crippen LogP contribution < -0.4 is 11.1 Å². The molecule has 16 nitrogen and oxygen atoms in total. The third kappa shape index (κ3) is 9.62. The minimum Gasteiger partial charge on any atom is -0.464 e. The maximum Gasteiger partial charge on any atom is 0.358 e. The van der Waals surface area contributed by atoms with Crippen molar-refractivity contribution in [1.82, 2.24) is 39.5 Å². The van der Waals surface area contributed by atoms with Gasteiger partial charge in [-0.15, -0.1) is 0 Å². The molecule has 4 aromatic rings. The van der Waals surface area contributed by atoms with Crippen LogP contribution in [0.4, 0.5) is 11.6 Å². The van der Waals surface area contributed by atoms with Crippen LogP contribution in [0.25, 0.3) is 0 Å². The van der Waals surface area contributed by atoms with Gasteiger partial charge in [-0.2, -0.15) is 10.2 Å². The molecular weight excluding hydrogens is 536 g/mol. The Balaban J connectivity index is 0.000000226. The molecule has 0 fully saturated rings. The number of esters is 2. The molecule has 0 saturated heterocycles. The Morgan fingerprint density at radius 2 is 1.31 bits per heavy atom. The third-order valence-corrected chi connectivity index (χ3v) is 4.44. The van der Waals surface area contributed by atoms with Crippen molar-refractivity contribution in [2.75, 3.05) is 25.3 Å². The Morgan fingerprint density at radius 3 is 1.74 bits per heavy atom. The van der Waals surface area contributed by atoms with Crippen molar-refractivity contribution in [3.05, 3.63) is 72.1 Å². The van der Waals surface area contributed by atoms with Crippen LogP contribution in [0.2, 0.25) is 0 Å². The average molecular weight is 559 g/mol. The van der Waals surface area contributed by atoms with E-state index in [4.69, 9.17) is 17.3 Å². The maximum absolute atomic E-state index is 11.8. The molecule has 0 aliphatic rings. The molecule has 204 valence electrons. The summed E-state index contributed by atoms with van der Waals surface area (Å²) < 4.78 is 11.9. The first kappa shape index (κ1) is 30.0. The molecule has 0 atom stereocenters. The highest BCUT2D eigenvalue weighted by molar-refractivity contribution is 6.67. The van der Waals surface area contributed by atoms with Gasteiger partial charge in [0.05, 0.1) is 62.5 Å². The Bertz CT molecular complexity index is 1450. The van der Waals surface area contributed by atoms with E-state index in [-0.39, 0.29) is 28.9 Å². The van der Waals surface area contributed by atoms with E-state index in [1.54, 1.807) is 26.5 Å². The highest BCUT2D eigenvalue weighted by Gasteiger charge is 2.12. The highest BCUT2D eigenvalue weighted by Crippen LogP contribution is 2.06. The summed E-state index contributed by atoms with van der Waals surface area (Å²) in [5.41, 5.74) is 6.22. The minimum atomic E-state index is -0.620. The van der Waals surface area contributed by atoms with Gasteiger partial charge >= 0.3 is 11.9 Å². The number of nitrogens with two attached hydrogens (primary N) is 1. The summed E-state index contributed by atoms with van der Waals surface area (Å²) in [6.07, 6.45) is 11.2. The molecule has 39 heavy (non-hydrogen) atoms. The quantitative estimate of drug-likeness (QED) is 0.257. The zero-order valence-corrected chi connectivity index (χ0v) is 21.9. The van der Waals surface area contributed by atoms with Crippen LogP contribution in [0.3, 0.4) is 0 Å². The van der Waals surface area contributed by atoms with Crippen LogP contribution in [0, 0.1) is 0 Å². The zero-order chi connectivity index (χ0) is 28.9. The summed E-state index contributed by atoms with van der Waals surface area (Å²) in [5, 5.41) is 9.68. The number of nitrogens with zero attached hydrogens (tertiary/aromatic N) is 8. The van der Waals surface area contributed by atoms with E-state index < -0.39 is 17.2 Å². The first-order valence-corrected chi connectivity index (χ1v) is 11.0. The number of ether oxygens (including phenoxy) is 2. The van der Waals surface area contributed by atoms with E-state index >= 15 is 0 Å². The molecule has 0 bridgehead atoms. The highest BCUT2D eigenvalue weighted by atomic mass is 35.5. The van der Waals surface area contributed by atoms with Gasteiger partial charge in [-0.1, -0.05) is 0 Å². The Morgan fingerprint density at radius 1 is 0.795 bits per heavy atom. The van der Waals surface area contributed by atoms with Crippen LogP contribution >= 0.6 is 11.6 Å². The van der Waals surface area contributed by atoms with Gasteiger partial charge in [-0.25, -0.2) is 19.6 Å². The normalized spacial score (nSPS) is 9.67. The van der Waals surface area contributed by atoms with Gasteiger partial charge < -0.3 is 20.5 Å². The van der Waals surface area contributed by atoms with Crippen molar-refractivity contribution >= 4 is 46.3 Å². The molecule has 0 aliphatic heterocycles. The van der Waals surface area contributed by atoms with Gasteiger partial charge in [0.25, 0.3) is 11.1 Å². The smallest absolute Gasteiger partial charge is 0.358 e. The number of carbonyl (C=O) groups excluding carboxylic acids is 4.